The van der Waals surface area contributed by atoms with Crippen molar-refractivity contribution in [1.29, 1.82) is 0 Å². The lowest BCUT2D eigenvalue weighted by atomic mass is 9.98. The van der Waals surface area contributed by atoms with Crippen LogP contribution >= 0.6 is 15.9 Å². The van der Waals surface area contributed by atoms with E-state index in [9.17, 15) is 9.18 Å². The zero-order chi connectivity index (χ0) is 22.3. The van der Waals surface area contributed by atoms with Crippen LogP contribution in [0.25, 0.3) is 0 Å². The number of rotatable bonds is 8. The van der Waals surface area contributed by atoms with E-state index in [1.165, 1.54) is 11.0 Å². The molecule has 0 radical (unpaired) electrons. The summed E-state index contributed by atoms with van der Waals surface area (Å²) in [6, 6.07) is 12.4. The number of nitrogens with one attached hydrogen (secondary N) is 1. The molecule has 1 N–H and O–H groups in total. The van der Waals surface area contributed by atoms with Gasteiger partial charge in [0.1, 0.15) is 17.2 Å². The molecule has 7 heteroatoms. The van der Waals surface area contributed by atoms with Gasteiger partial charge in [-0.3, -0.25) is 0 Å². The summed E-state index contributed by atoms with van der Waals surface area (Å²) >= 11 is 3.42. The van der Waals surface area contributed by atoms with Crippen LogP contribution in [-0.4, -0.2) is 43.8 Å². The number of amides is 1. The maximum atomic E-state index is 14.8. The number of benzene rings is 2. The predicted molar refractivity (Wildman–Crippen MR) is 120 cm³/mol. The lowest BCUT2D eigenvalue weighted by Crippen LogP contribution is -2.35. The molecule has 0 bridgehead atoms. The molecule has 30 heavy (non-hydrogen) atoms. The highest BCUT2D eigenvalue weighted by Gasteiger charge is 2.19. The molecule has 5 nitrogen and oxygen atoms in total. The lowest BCUT2D eigenvalue weighted by Gasteiger charge is -2.24. The van der Waals surface area contributed by atoms with Gasteiger partial charge in [0, 0.05) is 29.7 Å². The topological polar surface area (TPSA) is 50.8 Å². The lowest BCUT2D eigenvalue weighted by molar-refractivity contribution is 0.0292. The van der Waals surface area contributed by atoms with Gasteiger partial charge in [0.15, 0.2) is 0 Å². The van der Waals surface area contributed by atoms with E-state index in [0.717, 1.165) is 10.0 Å². The van der Waals surface area contributed by atoms with Gasteiger partial charge in [-0.25, -0.2) is 9.18 Å². The normalized spacial score (nSPS) is 12.4. The van der Waals surface area contributed by atoms with Gasteiger partial charge in [0.2, 0.25) is 0 Å². The van der Waals surface area contributed by atoms with Crippen molar-refractivity contribution in [3.05, 3.63) is 63.9 Å². The summed E-state index contributed by atoms with van der Waals surface area (Å²) in [5, 5.41) is 3.16. The van der Waals surface area contributed by atoms with Crippen molar-refractivity contribution in [2.75, 3.05) is 27.2 Å². The summed E-state index contributed by atoms with van der Waals surface area (Å²) in [5.41, 5.74) is 0.998. The van der Waals surface area contributed by atoms with Crippen molar-refractivity contribution >= 4 is 22.0 Å². The molecule has 2 aromatic rings. The highest BCUT2D eigenvalue weighted by Crippen LogP contribution is 2.28. The average molecular weight is 481 g/mol. The van der Waals surface area contributed by atoms with Gasteiger partial charge in [0.05, 0.1) is 12.6 Å². The summed E-state index contributed by atoms with van der Waals surface area (Å²) < 4.78 is 26.7. The van der Waals surface area contributed by atoms with Crippen molar-refractivity contribution < 1.29 is 18.7 Å². The fraction of sp³-hybridized carbons (Fsp3) is 0.435. The zero-order valence-corrected chi connectivity index (χ0v) is 19.8. The summed E-state index contributed by atoms with van der Waals surface area (Å²) in [6.45, 7) is 6.34. The van der Waals surface area contributed by atoms with Crippen molar-refractivity contribution in [1.82, 2.24) is 10.2 Å². The number of carbonyl (C=O) groups excluding carboxylic acids is 1. The van der Waals surface area contributed by atoms with Crippen LogP contribution in [0.2, 0.25) is 0 Å². The molecule has 0 spiro atoms. The Kier molecular flexibility index (Phi) is 8.67. The number of hydrogen-bond donors (Lipinski definition) is 1. The van der Waals surface area contributed by atoms with Gasteiger partial charge in [0.25, 0.3) is 0 Å². The van der Waals surface area contributed by atoms with E-state index >= 15 is 0 Å². The van der Waals surface area contributed by atoms with E-state index in [4.69, 9.17) is 9.47 Å². The standard InChI is InChI=1S/C23H30BrFN2O3/c1-23(2,3)30-22(28)27(5)13-6-14-29-18-11-12-19(20(25)15-18)21(26-4)16-7-9-17(24)10-8-16/h7-12,15,21,26H,6,13-14H2,1-5H3. The second-order valence-electron chi connectivity index (χ2n) is 8.06. The molecule has 1 amide bonds. The molecular formula is C23H30BrFN2O3. The number of halogens is 2. The largest absolute Gasteiger partial charge is 0.493 e. The van der Waals surface area contributed by atoms with Crippen molar-refractivity contribution in [3.8, 4) is 5.75 Å². The van der Waals surface area contributed by atoms with Gasteiger partial charge in [-0.05, 0) is 58.0 Å². The molecule has 0 aliphatic carbocycles. The Bertz CT molecular complexity index is 837. The van der Waals surface area contributed by atoms with Crippen molar-refractivity contribution in [2.24, 2.45) is 0 Å². The van der Waals surface area contributed by atoms with Crippen LogP contribution in [0.4, 0.5) is 9.18 Å². The van der Waals surface area contributed by atoms with E-state index in [1.807, 2.05) is 45.0 Å². The van der Waals surface area contributed by atoms with Gasteiger partial charge >= 0.3 is 6.09 Å². The number of hydrogen-bond acceptors (Lipinski definition) is 4. The van der Waals surface area contributed by atoms with Crippen molar-refractivity contribution in [2.45, 2.75) is 38.8 Å². The number of carbonyl (C=O) groups is 1. The molecule has 0 aliphatic rings. The van der Waals surface area contributed by atoms with E-state index in [-0.39, 0.29) is 18.0 Å². The Morgan fingerprint density at radius 3 is 2.43 bits per heavy atom. The van der Waals surface area contributed by atoms with E-state index in [2.05, 4.69) is 21.2 Å². The third-order valence-corrected chi connectivity index (χ3v) is 4.92. The Morgan fingerprint density at radius 1 is 1.20 bits per heavy atom. The van der Waals surface area contributed by atoms with E-state index in [0.29, 0.717) is 30.9 Å². The van der Waals surface area contributed by atoms with E-state index in [1.54, 1.807) is 26.2 Å². The molecule has 0 saturated heterocycles. The Morgan fingerprint density at radius 2 is 1.87 bits per heavy atom. The summed E-state index contributed by atoms with van der Waals surface area (Å²) in [4.78, 5) is 13.4. The molecular weight excluding hydrogens is 451 g/mol. The SMILES string of the molecule is CNC(c1ccc(Br)cc1)c1ccc(OCCCN(C)C(=O)OC(C)(C)C)cc1F. The minimum absolute atomic E-state index is 0.255. The molecule has 1 atom stereocenters. The van der Waals surface area contributed by atoms with Crippen LogP contribution in [-0.2, 0) is 4.74 Å². The van der Waals surface area contributed by atoms with Gasteiger partial charge in [-0.2, -0.15) is 0 Å². The highest BCUT2D eigenvalue weighted by atomic mass is 79.9. The quantitative estimate of drug-likeness (QED) is 0.504. The second kappa shape index (κ2) is 10.8. The minimum Gasteiger partial charge on any atom is -0.493 e. The van der Waals surface area contributed by atoms with Crippen LogP contribution in [0.5, 0.6) is 5.75 Å². The number of nitrogens with zero attached hydrogens (tertiary/aromatic N) is 1. The fourth-order valence-corrected chi connectivity index (χ4v) is 3.18. The maximum absolute atomic E-state index is 14.8. The summed E-state index contributed by atoms with van der Waals surface area (Å²) in [7, 11) is 3.49. The Labute approximate surface area is 186 Å². The first-order valence-corrected chi connectivity index (χ1v) is 10.7. The van der Waals surface area contributed by atoms with Crippen LogP contribution in [0.3, 0.4) is 0 Å². The molecule has 0 fully saturated rings. The molecule has 0 heterocycles. The molecule has 2 aromatic carbocycles. The first-order valence-electron chi connectivity index (χ1n) is 9.90. The molecule has 0 saturated carbocycles. The van der Waals surface area contributed by atoms with Crippen LogP contribution < -0.4 is 10.1 Å². The average Bonchev–Trinajstić information content (AvgIpc) is 2.67. The third-order valence-electron chi connectivity index (χ3n) is 4.39. The third kappa shape index (κ3) is 7.29. The molecule has 0 aliphatic heterocycles. The Hall–Kier alpha value is -2.12. The number of ether oxygens (including phenoxy) is 2. The fourth-order valence-electron chi connectivity index (χ4n) is 2.91. The van der Waals surface area contributed by atoms with Crippen LogP contribution in [0.15, 0.2) is 46.9 Å². The monoisotopic (exact) mass is 480 g/mol. The minimum atomic E-state index is -0.525. The zero-order valence-electron chi connectivity index (χ0n) is 18.2. The van der Waals surface area contributed by atoms with Gasteiger partial charge < -0.3 is 19.7 Å². The molecule has 0 aromatic heterocycles. The van der Waals surface area contributed by atoms with Gasteiger partial charge in [-0.1, -0.05) is 34.1 Å². The van der Waals surface area contributed by atoms with E-state index < -0.39 is 5.60 Å². The summed E-state index contributed by atoms with van der Waals surface area (Å²) in [5.74, 6) is 0.127. The van der Waals surface area contributed by atoms with Crippen molar-refractivity contribution in [3.63, 3.8) is 0 Å². The Balaban J connectivity index is 1.91. The first kappa shape index (κ1) is 24.2. The predicted octanol–water partition coefficient (Wildman–Crippen LogP) is 5.53. The molecule has 164 valence electrons. The smallest absolute Gasteiger partial charge is 0.410 e. The molecule has 1 unspecified atom stereocenters. The van der Waals surface area contributed by atoms with Gasteiger partial charge in [-0.15, -0.1) is 0 Å². The highest BCUT2D eigenvalue weighted by molar-refractivity contribution is 9.10. The van der Waals surface area contributed by atoms with Crippen LogP contribution in [0, 0.1) is 5.82 Å². The second-order valence-corrected chi connectivity index (χ2v) is 8.98. The van der Waals surface area contributed by atoms with Crippen LogP contribution in [0.1, 0.15) is 44.4 Å². The maximum Gasteiger partial charge on any atom is 0.410 e. The summed E-state index contributed by atoms with van der Waals surface area (Å²) in [6.07, 6.45) is 0.237. The molecule has 2 rings (SSSR count). The first-order chi connectivity index (χ1) is 14.1.